The van der Waals surface area contributed by atoms with Gasteiger partial charge < -0.3 is 14.9 Å². The molecule has 0 aromatic heterocycles. The number of likely N-dealkylation sites (tertiary alicyclic amines) is 1. The maximum atomic E-state index is 13.9. The van der Waals surface area contributed by atoms with Gasteiger partial charge in [-0.2, -0.15) is 0 Å². The van der Waals surface area contributed by atoms with E-state index in [9.17, 15) is 14.6 Å². The monoisotopic (exact) mass is 343 g/mol. The number of piperidine rings is 1. The van der Waals surface area contributed by atoms with E-state index in [0.29, 0.717) is 23.6 Å². The van der Waals surface area contributed by atoms with Crippen LogP contribution in [0.3, 0.4) is 0 Å². The van der Waals surface area contributed by atoms with Gasteiger partial charge in [-0.25, -0.2) is 4.39 Å². The number of aliphatic hydroxyl groups is 2. The molecule has 2 fully saturated rings. The largest absolute Gasteiger partial charge is 0.388 e. The number of aliphatic hydroxyl groups excluding tert-OH is 1. The number of hydrogen-bond acceptors (Lipinski definition) is 4. The lowest BCUT2D eigenvalue weighted by molar-refractivity contribution is -0.223. The molecule has 0 saturated carbocycles. The highest BCUT2D eigenvalue weighted by atomic mass is 35.5. The summed E-state index contributed by atoms with van der Waals surface area (Å²) in [5.41, 5.74) is -0.849. The molecule has 2 aliphatic heterocycles. The van der Waals surface area contributed by atoms with E-state index in [1.807, 2.05) is 0 Å². The molecule has 2 saturated heterocycles. The highest BCUT2D eigenvalue weighted by Gasteiger charge is 2.48. The Morgan fingerprint density at radius 1 is 1.39 bits per heavy atom. The van der Waals surface area contributed by atoms with Crippen LogP contribution in [0, 0.1) is 5.82 Å². The molecule has 2 aliphatic rings. The van der Waals surface area contributed by atoms with Gasteiger partial charge >= 0.3 is 0 Å². The molecular formula is C17H23ClFNO3. The summed E-state index contributed by atoms with van der Waals surface area (Å²) in [6.45, 7) is 3.91. The van der Waals surface area contributed by atoms with Gasteiger partial charge in [-0.3, -0.25) is 4.90 Å². The molecule has 1 spiro atoms. The van der Waals surface area contributed by atoms with E-state index >= 15 is 0 Å². The summed E-state index contributed by atoms with van der Waals surface area (Å²) >= 11 is 5.78. The highest BCUT2D eigenvalue weighted by molar-refractivity contribution is 6.30. The average molecular weight is 344 g/mol. The maximum Gasteiger partial charge on any atom is 0.129 e. The summed E-state index contributed by atoms with van der Waals surface area (Å²) in [6.07, 6.45) is 1.13. The SMILES string of the molecule is C[C@]1(O)CC2(CCN(Cc3ccc(Cl)cc3F)CC2)OC[C@@H]1O. The van der Waals surface area contributed by atoms with E-state index in [2.05, 4.69) is 4.90 Å². The standard InChI is InChI=1S/C17H23ClFNO3/c1-16(22)11-17(23-10-15(16)21)4-6-20(7-5-17)9-12-2-3-13(18)8-14(12)19/h2-3,8,15,21-22H,4-7,9-11H2,1H3/t15-,16-/m0/s1. The van der Waals surface area contributed by atoms with Crippen LogP contribution in [0.5, 0.6) is 0 Å². The second-order valence-corrected chi connectivity index (χ2v) is 7.49. The molecule has 0 unspecified atom stereocenters. The number of rotatable bonds is 2. The van der Waals surface area contributed by atoms with Crippen LogP contribution >= 0.6 is 11.6 Å². The zero-order valence-electron chi connectivity index (χ0n) is 13.3. The Balaban J connectivity index is 1.60. The Bertz CT molecular complexity index is 573. The van der Waals surface area contributed by atoms with Crippen molar-refractivity contribution < 1.29 is 19.3 Å². The lowest BCUT2D eigenvalue weighted by Crippen LogP contribution is -2.59. The summed E-state index contributed by atoms with van der Waals surface area (Å²) in [4.78, 5) is 2.18. The Kier molecular flexibility index (Phi) is 4.69. The minimum absolute atomic E-state index is 0.165. The summed E-state index contributed by atoms with van der Waals surface area (Å²) in [5, 5.41) is 20.5. The normalized spacial score (nSPS) is 31.4. The van der Waals surface area contributed by atoms with Crippen molar-refractivity contribution in [2.45, 2.75) is 50.0 Å². The molecule has 128 valence electrons. The molecule has 2 N–H and O–H groups in total. The molecule has 1 aromatic carbocycles. The minimum Gasteiger partial charge on any atom is -0.388 e. The number of nitrogens with zero attached hydrogens (tertiary/aromatic N) is 1. The molecular weight excluding hydrogens is 321 g/mol. The zero-order chi connectivity index (χ0) is 16.7. The fourth-order valence-electron chi connectivity index (χ4n) is 3.59. The fourth-order valence-corrected chi connectivity index (χ4v) is 3.75. The molecule has 3 rings (SSSR count). The van der Waals surface area contributed by atoms with Crippen LogP contribution in [0.4, 0.5) is 4.39 Å². The molecule has 0 bridgehead atoms. The van der Waals surface area contributed by atoms with E-state index < -0.39 is 11.7 Å². The second-order valence-electron chi connectivity index (χ2n) is 7.06. The third-order valence-corrected chi connectivity index (χ3v) is 5.36. The van der Waals surface area contributed by atoms with Crippen LogP contribution in [0.1, 0.15) is 31.7 Å². The number of benzene rings is 1. The van der Waals surface area contributed by atoms with Crippen molar-refractivity contribution in [3.63, 3.8) is 0 Å². The highest BCUT2D eigenvalue weighted by Crippen LogP contribution is 2.39. The fraction of sp³-hybridized carbons (Fsp3) is 0.647. The van der Waals surface area contributed by atoms with E-state index in [4.69, 9.17) is 16.3 Å². The molecule has 0 amide bonds. The van der Waals surface area contributed by atoms with E-state index in [0.717, 1.165) is 25.9 Å². The maximum absolute atomic E-state index is 13.9. The molecule has 23 heavy (non-hydrogen) atoms. The molecule has 4 nitrogen and oxygen atoms in total. The summed E-state index contributed by atoms with van der Waals surface area (Å²) in [5.74, 6) is -0.280. The van der Waals surface area contributed by atoms with Gasteiger partial charge in [-0.05, 0) is 31.9 Å². The predicted molar refractivity (Wildman–Crippen MR) is 85.9 cm³/mol. The van der Waals surface area contributed by atoms with Crippen LogP contribution in [0.25, 0.3) is 0 Å². The quantitative estimate of drug-likeness (QED) is 0.865. The van der Waals surface area contributed by atoms with Crippen molar-refractivity contribution in [3.8, 4) is 0 Å². The average Bonchev–Trinajstić information content (AvgIpc) is 2.48. The summed E-state index contributed by atoms with van der Waals surface area (Å²) < 4.78 is 19.8. The second kappa shape index (κ2) is 6.30. The van der Waals surface area contributed by atoms with Gasteiger partial charge in [0, 0.05) is 36.6 Å². The minimum atomic E-state index is -1.11. The Labute approximate surface area is 140 Å². The van der Waals surface area contributed by atoms with E-state index in [-0.39, 0.29) is 18.0 Å². The first-order valence-electron chi connectivity index (χ1n) is 8.00. The van der Waals surface area contributed by atoms with E-state index in [1.54, 1.807) is 19.1 Å². The molecule has 0 aliphatic carbocycles. The number of halogens is 2. The molecule has 2 atom stereocenters. The van der Waals surface area contributed by atoms with Crippen LogP contribution in [0.2, 0.25) is 5.02 Å². The van der Waals surface area contributed by atoms with Gasteiger partial charge in [0.05, 0.1) is 17.8 Å². The third-order valence-electron chi connectivity index (χ3n) is 5.12. The Morgan fingerprint density at radius 2 is 2.09 bits per heavy atom. The molecule has 0 radical (unpaired) electrons. The Hall–Kier alpha value is -0.720. The van der Waals surface area contributed by atoms with Gasteiger partial charge in [0.1, 0.15) is 11.9 Å². The van der Waals surface area contributed by atoms with Crippen molar-refractivity contribution in [2.75, 3.05) is 19.7 Å². The summed E-state index contributed by atoms with van der Waals surface area (Å²) in [6, 6.07) is 4.76. The van der Waals surface area contributed by atoms with Gasteiger partial charge in [0.15, 0.2) is 0 Å². The lowest BCUT2D eigenvalue weighted by Gasteiger charge is -2.50. The van der Waals surface area contributed by atoms with Crippen molar-refractivity contribution >= 4 is 11.6 Å². The zero-order valence-corrected chi connectivity index (χ0v) is 14.0. The van der Waals surface area contributed by atoms with E-state index in [1.165, 1.54) is 6.07 Å². The van der Waals surface area contributed by atoms with Crippen LogP contribution in [-0.4, -0.2) is 52.1 Å². The third kappa shape index (κ3) is 3.69. The van der Waals surface area contributed by atoms with Crippen molar-refractivity contribution in [1.82, 2.24) is 4.90 Å². The molecule has 2 heterocycles. The van der Waals surface area contributed by atoms with Crippen LogP contribution in [0.15, 0.2) is 18.2 Å². The molecule has 1 aromatic rings. The van der Waals surface area contributed by atoms with Crippen molar-refractivity contribution in [1.29, 1.82) is 0 Å². The summed E-state index contributed by atoms with van der Waals surface area (Å²) in [7, 11) is 0. The first-order valence-corrected chi connectivity index (χ1v) is 8.38. The van der Waals surface area contributed by atoms with Crippen LogP contribution in [-0.2, 0) is 11.3 Å². The topological polar surface area (TPSA) is 52.9 Å². The Morgan fingerprint density at radius 3 is 2.70 bits per heavy atom. The van der Waals surface area contributed by atoms with Gasteiger partial charge in [-0.1, -0.05) is 17.7 Å². The van der Waals surface area contributed by atoms with Gasteiger partial charge in [0.2, 0.25) is 0 Å². The first kappa shape index (κ1) is 17.1. The van der Waals surface area contributed by atoms with Gasteiger partial charge in [0.25, 0.3) is 0 Å². The lowest BCUT2D eigenvalue weighted by atomic mass is 9.76. The van der Waals surface area contributed by atoms with Crippen molar-refractivity contribution in [2.24, 2.45) is 0 Å². The molecule has 6 heteroatoms. The van der Waals surface area contributed by atoms with Crippen LogP contribution < -0.4 is 0 Å². The number of ether oxygens (including phenoxy) is 1. The van der Waals surface area contributed by atoms with Crippen molar-refractivity contribution in [3.05, 3.63) is 34.6 Å². The predicted octanol–water partition coefficient (Wildman–Crippen LogP) is 2.35. The smallest absolute Gasteiger partial charge is 0.129 e. The van der Waals surface area contributed by atoms with Gasteiger partial charge in [-0.15, -0.1) is 0 Å². The first-order chi connectivity index (χ1) is 10.8. The number of hydrogen-bond donors (Lipinski definition) is 2.